The van der Waals surface area contributed by atoms with E-state index in [1.807, 2.05) is 67.8 Å². The molecule has 3 nitrogen and oxygen atoms in total. The summed E-state index contributed by atoms with van der Waals surface area (Å²) >= 11 is 9.57. The molecule has 0 bridgehead atoms. The van der Waals surface area contributed by atoms with E-state index < -0.39 is 0 Å². The van der Waals surface area contributed by atoms with Crippen molar-refractivity contribution < 1.29 is 4.79 Å². The number of carbonyl (C=O) groups is 1. The SMILES string of the molecule is CSc1ccc(CC(=O)N(Cc2ccccc2)c2nc3c(C)ccc(Cl)c3s2)cc1. The Hall–Kier alpha value is -2.34. The summed E-state index contributed by atoms with van der Waals surface area (Å²) < 4.78 is 0.918. The molecule has 0 unspecified atom stereocenters. The van der Waals surface area contributed by atoms with Crippen LogP contribution in [0.1, 0.15) is 16.7 Å². The normalized spacial score (nSPS) is 11.0. The van der Waals surface area contributed by atoms with Gasteiger partial charge in [0, 0.05) is 4.90 Å². The highest BCUT2D eigenvalue weighted by Crippen LogP contribution is 2.36. The molecule has 0 N–H and O–H groups in total. The van der Waals surface area contributed by atoms with Gasteiger partial charge in [-0.25, -0.2) is 4.98 Å². The number of thioether (sulfide) groups is 1. The number of hydrogen-bond acceptors (Lipinski definition) is 4. The van der Waals surface area contributed by atoms with Gasteiger partial charge in [-0.05, 0) is 48.1 Å². The van der Waals surface area contributed by atoms with Gasteiger partial charge in [-0.2, -0.15) is 0 Å². The predicted molar refractivity (Wildman–Crippen MR) is 129 cm³/mol. The molecule has 0 saturated carbocycles. The van der Waals surface area contributed by atoms with Gasteiger partial charge in [0.25, 0.3) is 0 Å². The molecular weight excluding hydrogens is 432 g/mol. The highest BCUT2D eigenvalue weighted by molar-refractivity contribution is 7.98. The van der Waals surface area contributed by atoms with Crippen LogP contribution >= 0.6 is 34.7 Å². The number of benzene rings is 3. The minimum absolute atomic E-state index is 0.0172. The Morgan fingerprint density at radius 3 is 2.43 bits per heavy atom. The second-order valence-corrected chi connectivity index (χ2v) is 9.29. The lowest BCUT2D eigenvalue weighted by Crippen LogP contribution is -2.31. The predicted octanol–water partition coefficient (Wildman–Crippen LogP) is 6.76. The highest BCUT2D eigenvalue weighted by atomic mass is 35.5. The van der Waals surface area contributed by atoms with E-state index in [-0.39, 0.29) is 5.91 Å². The van der Waals surface area contributed by atoms with Crippen molar-refractivity contribution in [2.24, 2.45) is 0 Å². The molecule has 4 rings (SSSR count). The van der Waals surface area contributed by atoms with Crippen molar-refractivity contribution in [2.45, 2.75) is 24.8 Å². The first-order valence-electron chi connectivity index (χ1n) is 9.58. The lowest BCUT2D eigenvalue weighted by atomic mass is 10.1. The summed E-state index contributed by atoms with van der Waals surface area (Å²) in [5.74, 6) is 0.0172. The second-order valence-electron chi connectivity index (χ2n) is 7.03. The molecule has 0 spiro atoms. The topological polar surface area (TPSA) is 33.2 Å². The number of carbonyl (C=O) groups excluding carboxylic acids is 1. The minimum atomic E-state index is 0.0172. The van der Waals surface area contributed by atoms with E-state index in [2.05, 4.69) is 12.1 Å². The van der Waals surface area contributed by atoms with Crippen LogP contribution in [0.4, 0.5) is 5.13 Å². The standard InChI is InChI=1S/C24H21ClN2OS2/c1-16-8-13-20(25)23-22(16)26-24(30-23)27(15-18-6-4-3-5-7-18)21(28)14-17-9-11-19(29-2)12-10-17/h3-13H,14-15H2,1-2H3. The van der Waals surface area contributed by atoms with Gasteiger partial charge in [-0.3, -0.25) is 9.69 Å². The zero-order valence-corrected chi connectivity index (χ0v) is 19.2. The summed E-state index contributed by atoms with van der Waals surface area (Å²) in [4.78, 5) is 21.1. The summed E-state index contributed by atoms with van der Waals surface area (Å²) in [6.45, 7) is 2.48. The fraction of sp³-hybridized carbons (Fsp3) is 0.167. The molecule has 1 amide bonds. The van der Waals surface area contributed by atoms with E-state index in [9.17, 15) is 4.79 Å². The summed E-state index contributed by atoms with van der Waals surface area (Å²) in [5, 5.41) is 1.34. The van der Waals surface area contributed by atoms with Crippen LogP contribution in [0.15, 0.2) is 71.6 Å². The Morgan fingerprint density at radius 1 is 1.03 bits per heavy atom. The fourth-order valence-electron chi connectivity index (χ4n) is 3.25. The quantitative estimate of drug-likeness (QED) is 0.303. The number of aryl methyl sites for hydroxylation is 1. The summed E-state index contributed by atoms with van der Waals surface area (Å²) in [6, 6.07) is 22.0. The first kappa shape index (κ1) is 20.9. The van der Waals surface area contributed by atoms with Crippen LogP contribution < -0.4 is 4.90 Å². The third-order valence-corrected chi connectivity index (χ3v) is 7.20. The van der Waals surface area contributed by atoms with Crippen molar-refractivity contribution in [1.29, 1.82) is 0 Å². The van der Waals surface area contributed by atoms with Crippen molar-refractivity contribution in [1.82, 2.24) is 4.98 Å². The number of fused-ring (bicyclic) bond motifs is 1. The van der Waals surface area contributed by atoms with Crippen LogP contribution in [0.25, 0.3) is 10.2 Å². The second kappa shape index (κ2) is 9.21. The molecule has 1 aromatic heterocycles. The largest absolute Gasteiger partial charge is 0.283 e. The average molecular weight is 453 g/mol. The van der Waals surface area contributed by atoms with Crippen LogP contribution in [-0.4, -0.2) is 17.1 Å². The van der Waals surface area contributed by atoms with E-state index in [0.29, 0.717) is 23.1 Å². The molecule has 1 heterocycles. The van der Waals surface area contributed by atoms with Crippen LogP contribution in [0.2, 0.25) is 5.02 Å². The third kappa shape index (κ3) is 4.53. The molecule has 0 atom stereocenters. The zero-order chi connectivity index (χ0) is 21.1. The fourth-order valence-corrected chi connectivity index (χ4v) is 4.99. The summed E-state index contributed by atoms with van der Waals surface area (Å²) in [5.41, 5.74) is 3.96. The number of thiazole rings is 1. The molecular formula is C24H21ClN2OS2. The summed E-state index contributed by atoms with van der Waals surface area (Å²) in [6.07, 6.45) is 2.37. The average Bonchev–Trinajstić information content (AvgIpc) is 3.22. The Labute approximate surface area is 189 Å². The van der Waals surface area contributed by atoms with Crippen LogP contribution in [0.5, 0.6) is 0 Å². The Balaban J connectivity index is 1.69. The lowest BCUT2D eigenvalue weighted by Gasteiger charge is -2.20. The van der Waals surface area contributed by atoms with Gasteiger partial charge in [0.2, 0.25) is 5.91 Å². The van der Waals surface area contributed by atoms with E-state index in [1.165, 1.54) is 16.2 Å². The van der Waals surface area contributed by atoms with Crippen molar-refractivity contribution in [3.8, 4) is 0 Å². The van der Waals surface area contributed by atoms with Gasteiger partial charge >= 0.3 is 0 Å². The van der Waals surface area contributed by atoms with Gasteiger partial charge < -0.3 is 0 Å². The molecule has 0 aliphatic carbocycles. The lowest BCUT2D eigenvalue weighted by molar-refractivity contribution is -0.118. The molecule has 6 heteroatoms. The molecule has 0 aliphatic rings. The smallest absolute Gasteiger partial charge is 0.233 e. The molecule has 152 valence electrons. The van der Waals surface area contributed by atoms with E-state index in [4.69, 9.17) is 16.6 Å². The minimum Gasteiger partial charge on any atom is -0.283 e. The molecule has 3 aromatic carbocycles. The maximum absolute atomic E-state index is 13.4. The first-order valence-corrected chi connectivity index (χ1v) is 12.0. The monoisotopic (exact) mass is 452 g/mol. The number of rotatable bonds is 6. The van der Waals surface area contributed by atoms with Crippen molar-refractivity contribution >= 4 is 56.0 Å². The van der Waals surface area contributed by atoms with E-state index in [0.717, 1.165) is 26.9 Å². The summed E-state index contributed by atoms with van der Waals surface area (Å²) in [7, 11) is 0. The molecule has 30 heavy (non-hydrogen) atoms. The molecule has 4 aromatic rings. The molecule has 0 aliphatic heterocycles. The Bertz CT molecular complexity index is 1130. The number of nitrogens with zero attached hydrogens (tertiary/aromatic N) is 2. The zero-order valence-electron chi connectivity index (χ0n) is 16.8. The van der Waals surface area contributed by atoms with Crippen LogP contribution in [-0.2, 0) is 17.8 Å². The van der Waals surface area contributed by atoms with Gasteiger partial charge in [-0.15, -0.1) is 11.8 Å². The Morgan fingerprint density at radius 2 is 1.77 bits per heavy atom. The highest BCUT2D eigenvalue weighted by Gasteiger charge is 2.22. The van der Waals surface area contributed by atoms with E-state index in [1.54, 1.807) is 16.7 Å². The maximum atomic E-state index is 13.4. The van der Waals surface area contributed by atoms with Gasteiger partial charge in [0.05, 0.1) is 28.2 Å². The van der Waals surface area contributed by atoms with Gasteiger partial charge in [-0.1, -0.05) is 71.5 Å². The maximum Gasteiger partial charge on any atom is 0.233 e. The molecule has 0 fully saturated rings. The van der Waals surface area contributed by atoms with Crippen LogP contribution in [0, 0.1) is 6.92 Å². The first-order chi connectivity index (χ1) is 14.5. The number of anilines is 1. The van der Waals surface area contributed by atoms with Crippen molar-refractivity contribution in [3.63, 3.8) is 0 Å². The Kier molecular flexibility index (Phi) is 6.42. The van der Waals surface area contributed by atoms with Gasteiger partial charge in [0.1, 0.15) is 0 Å². The van der Waals surface area contributed by atoms with Crippen molar-refractivity contribution in [2.75, 3.05) is 11.2 Å². The number of halogens is 1. The van der Waals surface area contributed by atoms with Gasteiger partial charge in [0.15, 0.2) is 5.13 Å². The van der Waals surface area contributed by atoms with Crippen LogP contribution in [0.3, 0.4) is 0 Å². The van der Waals surface area contributed by atoms with E-state index >= 15 is 0 Å². The third-order valence-electron chi connectivity index (χ3n) is 4.92. The molecule has 0 radical (unpaired) electrons. The number of hydrogen-bond donors (Lipinski definition) is 0. The molecule has 0 saturated heterocycles. The van der Waals surface area contributed by atoms with Crippen molar-refractivity contribution in [3.05, 3.63) is 88.4 Å². The number of amides is 1. The number of aromatic nitrogens is 1.